The number of nitrogens with zero attached hydrogens (tertiary/aromatic N) is 2. The average molecular weight is 335 g/mol. The molecule has 0 atom stereocenters. The minimum atomic E-state index is -0.711. The van der Waals surface area contributed by atoms with E-state index < -0.39 is 5.60 Å². The number of carbonyl (C=O) groups is 1. The highest BCUT2D eigenvalue weighted by Crippen LogP contribution is 2.35. The minimum Gasteiger partial charge on any atom is -0.388 e. The molecule has 0 unspecified atom stereocenters. The maximum Gasteiger partial charge on any atom is 0.323 e. The number of nitrogens with one attached hydrogen (secondary N) is 1. The van der Waals surface area contributed by atoms with E-state index in [9.17, 15) is 14.3 Å². The number of hydrogen-bond acceptors (Lipinski definition) is 4. The lowest BCUT2D eigenvalue weighted by Gasteiger charge is -2.20. The van der Waals surface area contributed by atoms with Crippen molar-refractivity contribution in [3.8, 4) is 0 Å². The third-order valence-electron chi connectivity index (χ3n) is 3.74. The van der Waals surface area contributed by atoms with E-state index in [4.69, 9.17) is 0 Å². The van der Waals surface area contributed by atoms with Crippen LogP contribution in [0.4, 0.5) is 14.3 Å². The summed E-state index contributed by atoms with van der Waals surface area (Å²) < 4.78 is 13.2. The van der Waals surface area contributed by atoms with Crippen LogP contribution in [0.5, 0.6) is 0 Å². The van der Waals surface area contributed by atoms with Crippen molar-refractivity contribution in [1.29, 1.82) is 0 Å². The Kier molecular flexibility index (Phi) is 4.32. The van der Waals surface area contributed by atoms with Gasteiger partial charge >= 0.3 is 6.03 Å². The van der Waals surface area contributed by atoms with Gasteiger partial charge in [-0.2, -0.15) is 0 Å². The summed E-state index contributed by atoms with van der Waals surface area (Å²) in [5, 5.41) is 13.1. The van der Waals surface area contributed by atoms with Crippen molar-refractivity contribution in [2.45, 2.75) is 24.9 Å². The zero-order chi connectivity index (χ0) is 16.4. The zero-order valence-electron chi connectivity index (χ0n) is 12.8. The fourth-order valence-electron chi connectivity index (χ4n) is 2.30. The first-order valence-electron chi connectivity index (χ1n) is 7.37. The topological polar surface area (TPSA) is 65.5 Å². The van der Waals surface area contributed by atoms with Gasteiger partial charge in [0.1, 0.15) is 5.82 Å². The van der Waals surface area contributed by atoms with Gasteiger partial charge in [-0.1, -0.05) is 12.1 Å². The average Bonchev–Trinajstić information content (AvgIpc) is 3.05. The summed E-state index contributed by atoms with van der Waals surface area (Å²) in [7, 11) is 1.65. The lowest BCUT2D eigenvalue weighted by molar-refractivity contribution is 0.114. The number of thiazole rings is 1. The van der Waals surface area contributed by atoms with Crippen molar-refractivity contribution < 1.29 is 14.3 Å². The van der Waals surface area contributed by atoms with Gasteiger partial charge in [0.05, 0.1) is 12.1 Å². The summed E-state index contributed by atoms with van der Waals surface area (Å²) in [6.45, 7) is 0.320. The van der Waals surface area contributed by atoms with E-state index in [2.05, 4.69) is 10.3 Å². The second-order valence-electron chi connectivity index (χ2n) is 5.95. The van der Waals surface area contributed by atoms with Crippen LogP contribution in [0.1, 0.15) is 23.3 Å². The predicted octanol–water partition coefficient (Wildman–Crippen LogP) is 2.86. The molecule has 1 saturated carbocycles. The molecule has 2 aromatic rings. The maximum absolute atomic E-state index is 13.2. The maximum atomic E-state index is 13.2. The normalized spacial score (nSPS) is 15.3. The summed E-state index contributed by atoms with van der Waals surface area (Å²) >= 11 is 1.36. The van der Waals surface area contributed by atoms with Crippen LogP contribution in [0.3, 0.4) is 0 Å². The molecule has 1 aromatic heterocycles. The van der Waals surface area contributed by atoms with E-state index >= 15 is 0 Å². The molecular formula is C16H18FN3O2S. The van der Waals surface area contributed by atoms with Crippen molar-refractivity contribution in [3.05, 3.63) is 46.7 Å². The number of benzene rings is 1. The van der Waals surface area contributed by atoms with Crippen LogP contribution in [0.2, 0.25) is 0 Å². The van der Waals surface area contributed by atoms with Crippen LogP contribution >= 0.6 is 11.3 Å². The monoisotopic (exact) mass is 335 g/mol. The van der Waals surface area contributed by atoms with Gasteiger partial charge in [-0.05, 0) is 30.5 Å². The van der Waals surface area contributed by atoms with E-state index in [-0.39, 0.29) is 11.8 Å². The lowest BCUT2D eigenvalue weighted by atomic mass is 10.1. The zero-order valence-corrected chi connectivity index (χ0v) is 13.6. The molecule has 122 valence electrons. The lowest BCUT2D eigenvalue weighted by Crippen LogP contribution is -2.38. The molecule has 5 nitrogen and oxygen atoms in total. The quantitative estimate of drug-likeness (QED) is 0.883. The van der Waals surface area contributed by atoms with Gasteiger partial charge in [0.25, 0.3) is 0 Å². The number of halogens is 1. The highest BCUT2D eigenvalue weighted by Gasteiger charge is 2.42. The van der Waals surface area contributed by atoms with Crippen molar-refractivity contribution in [1.82, 2.24) is 9.88 Å². The molecule has 1 aliphatic carbocycles. The number of rotatable bonds is 5. The summed E-state index contributed by atoms with van der Waals surface area (Å²) in [6.07, 6.45) is 3.72. The van der Waals surface area contributed by atoms with Crippen molar-refractivity contribution in [2.75, 3.05) is 18.9 Å². The standard InChI is InChI=1S/C16H18FN3O2S/c1-20(10-16(22)5-6-16)15(21)19-14-18-9-13(23-14)8-11-3-2-4-12(17)7-11/h2-4,7,9,22H,5-6,8,10H2,1H3,(H,18,19,21). The molecular weight excluding hydrogens is 317 g/mol. The Morgan fingerprint density at radius 2 is 2.30 bits per heavy atom. The molecule has 0 radical (unpaired) electrons. The minimum absolute atomic E-state index is 0.264. The van der Waals surface area contributed by atoms with E-state index in [1.165, 1.54) is 28.4 Å². The van der Waals surface area contributed by atoms with Gasteiger partial charge in [-0.25, -0.2) is 14.2 Å². The Labute approximate surface area is 137 Å². The van der Waals surface area contributed by atoms with Crippen LogP contribution in [0.25, 0.3) is 0 Å². The third-order valence-corrected chi connectivity index (χ3v) is 4.65. The molecule has 1 fully saturated rings. The Morgan fingerprint density at radius 3 is 3.00 bits per heavy atom. The molecule has 2 amide bonds. The van der Waals surface area contributed by atoms with Crippen molar-refractivity contribution in [3.63, 3.8) is 0 Å². The van der Waals surface area contributed by atoms with E-state index in [0.29, 0.717) is 18.1 Å². The van der Waals surface area contributed by atoms with Gasteiger partial charge in [-0.3, -0.25) is 5.32 Å². The predicted molar refractivity (Wildman–Crippen MR) is 87.2 cm³/mol. The number of aliphatic hydroxyl groups is 1. The molecule has 1 aliphatic rings. The Balaban J connectivity index is 1.57. The number of hydrogen-bond donors (Lipinski definition) is 2. The summed E-state index contributed by atoms with van der Waals surface area (Å²) in [5.41, 5.74) is 0.150. The molecule has 7 heteroatoms. The van der Waals surface area contributed by atoms with Crippen molar-refractivity contribution in [2.24, 2.45) is 0 Å². The fourth-order valence-corrected chi connectivity index (χ4v) is 3.13. The van der Waals surface area contributed by atoms with E-state index in [1.54, 1.807) is 19.3 Å². The molecule has 1 aromatic carbocycles. The Bertz CT molecular complexity index is 715. The molecule has 0 spiro atoms. The number of likely N-dealkylation sites (N-methyl/N-ethyl adjacent to an activating group) is 1. The van der Waals surface area contributed by atoms with Crippen LogP contribution in [0.15, 0.2) is 30.5 Å². The first-order chi connectivity index (χ1) is 10.9. The largest absolute Gasteiger partial charge is 0.388 e. The van der Waals surface area contributed by atoms with Crippen LogP contribution in [-0.4, -0.2) is 40.2 Å². The van der Waals surface area contributed by atoms with Gasteiger partial charge in [0, 0.05) is 24.5 Å². The first kappa shape index (κ1) is 15.9. The number of carbonyl (C=O) groups excluding carboxylic acids is 1. The molecule has 2 N–H and O–H groups in total. The summed E-state index contributed by atoms with van der Waals surface area (Å²) in [6, 6.07) is 6.13. The molecule has 3 rings (SSSR count). The molecule has 23 heavy (non-hydrogen) atoms. The number of anilines is 1. The second kappa shape index (κ2) is 6.25. The molecule has 0 aliphatic heterocycles. The highest BCUT2D eigenvalue weighted by atomic mass is 32.1. The fraction of sp³-hybridized carbons (Fsp3) is 0.375. The Hall–Kier alpha value is -1.99. The molecule has 1 heterocycles. The van der Waals surface area contributed by atoms with E-state index in [0.717, 1.165) is 23.3 Å². The molecule has 0 saturated heterocycles. The summed E-state index contributed by atoms with van der Waals surface area (Å²) in [4.78, 5) is 18.6. The van der Waals surface area contributed by atoms with E-state index in [1.807, 2.05) is 6.07 Å². The van der Waals surface area contributed by atoms with Gasteiger partial charge < -0.3 is 10.0 Å². The first-order valence-corrected chi connectivity index (χ1v) is 8.19. The van der Waals surface area contributed by atoms with Gasteiger partial charge in [-0.15, -0.1) is 11.3 Å². The second-order valence-corrected chi connectivity index (χ2v) is 7.06. The number of aromatic nitrogens is 1. The van der Waals surface area contributed by atoms with Crippen LogP contribution in [0, 0.1) is 5.82 Å². The number of amides is 2. The number of urea groups is 1. The van der Waals surface area contributed by atoms with Gasteiger partial charge in [0.15, 0.2) is 5.13 Å². The van der Waals surface area contributed by atoms with Crippen LogP contribution < -0.4 is 5.32 Å². The smallest absolute Gasteiger partial charge is 0.323 e. The third kappa shape index (κ3) is 4.27. The van der Waals surface area contributed by atoms with Gasteiger partial charge in [0.2, 0.25) is 0 Å². The van der Waals surface area contributed by atoms with Crippen molar-refractivity contribution >= 4 is 22.5 Å². The molecule has 0 bridgehead atoms. The highest BCUT2D eigenvalue weighted by molar-refractivity contribution is 7.15. The SMILES string of the molecule is CN(CC1(O)CC1)C(=O)Nc1ncc(Cc2cccc(F)c2)s1. The summed E-state index contributed by atoms with van der Waals surface area (Å²) in [5.74, 6) is -0.264. The Morgan fingerprint density at radius 1 is 1.52 bits per heavy atom. The van der Waals surface area contributed by atoms with Crippen LogP contribution in [-0.2, 0) is 6.42 Å².